The van der Waals surface area contributed by atoms with E-state index in [0.717, 1.165) is 12.8 Å². The molecule has 5 atom stereocenters. The fourth-order valence-electron chi connectivity index (χ4n) is 5.80. The first-order valence-electron chi connectivity index (χ1n) is 11.3. The van der Waals surface area contributed by atoms with Crippen LogP contribution in [0.2, 0.25) is 0 Å². The number of rotatable bonds is 4. The molecule has 3 aliphatic rings. The molecule has 2 unspecified atom stereocenters. The second kappa shape index (κ2) is 7.89. The van der Waals surface area contributed by atoms with E-state index in [2.05, 4.69) is 12.2 Å². The number of pyridine rings is 1. The zero-order valence-corrected chi connectivity index (χ0v) is 18.6. The van der Waals surface area contributed by atoms with Gasteiger partial charge in [0.15, 0.2) is 23.1 Å². The van der Waals surface area contributed by atoms with Gasteiger partial charge in [-0.1, -0.05) is 13.8 Å². The molecular weight excluding hydrogens is 451 g/mol. The summed E-state index contributed by atoms with van der Waals surface area (Å²) in [6.45, 7) is 3.94. The Morgan fingerprint density at radius 3 is 2.56 bits per heavy atom. The van der Waals surface area contributed by atoms with Crippen molar-refractivity contribution in [2.24, 2.45) is 17.8 Å². The number of hydrogen-bond acceptors (Lipinski definition) is 4. The molecule has 2 fully saturated rings. The summed E-state index contributed by atoms with van der Waals surface area (Å²) in [5, 5.41) is 12.9. The molecule has 180 valence electrons. The van der Waals surface area contributed by atoms with Crippen molar-refractivity contribution in [1.82, 2.24) is 14.8 Å². The molecule has 1 aliphatic carbocycles. The quantitative estimate of drug-likeness (QED) is 0.666. The highest BCUT2D eigenvalue weighted by Crippen LogP contribution is 2.56. The van der Waals surface area contributed by atoms with Gasteiger partial charge in [-0.25, -0.2) is 13.2 Å². The van der Waals surface area contributed by atoms with Gasteiger partial charge in [-0.2, -0.15) is 0 Å². The van der Waals surface area contributed by atoms with Crippen molar-refractivity contribution >= 4 is 11.8 Å². The van der Waals surface area contributed by atoms with Gasteiger partial charge in [0.05, 0.1) is 6.04 Å². The largest absolute Gasteiger partial charge is 0.503 e. The summed E-state index contributed by atoms with van der Waals surface area (Å²) in [5.74, 6) is -4.65. The van der Waals surface area contributed by atoms with Crippen molar-refractivity contribution in [1.29, 1.82) is 0 Å². The van der Waals surface area contributed by atoms with Gasteiger partial charge in [0.25, 0.3) is 11.8 Å². The molecule has 0 spiro atoms. The van der Waals surface area contributed by atoms with Crippen LogP contribution in [0.3, 0.4) is 0 Å². The first-order valence-corrected chi connectivity index (χ1v) is 11.3. The number of halogens is 3. The van der Waals surface area contributed by atoms with E-state index in [-0.39, 0.29) is 29.3 Å². The van der Waals surface area contributed by atoms with Crippen LogP contribution in [0.4, 0.5) is 13.2 Å². The summed E-state index contributed by atoms with van der Waals surface area (Å²) in [7, 11) is 0. The van der Waals surface area contributed by atoms with Crippen molar-refractivity contribution in [2.75, 3.05) is 0 Å². The third-order valence-corrected chi connectivity index (χ3v) is 7.65. The van der Waals surface area contributed by atoms with Gasteiger partial charge in [-0.05, 0) is 36.7 Å². The zero-order valence-electron chi connectivity index (χ0n) is 18.6. The molecule has 1 aromatic carbocycles. The number of carbonyl (C=O) groups is 2. The number of carbonyl (C=O) groups excluding carboxylic acids is 2. The van der Waals surface area contributed by atoms with Crippen LogP contribution in [0.1, 0.15) is 53.1 Å². The Labute approximate surface area is 193 Å². The molecule has 3 heterocycles. The minimum absolute atomic E-state index is 0.0518. The maximum atomic E-state index is 13.9. The summed E-state index contributed by atoms with van der Waals surface area (Å²) < 4.78 is 41.9. The molecule has 2 N–H and O–H groups in total. The lowest BCUT2D eigenvalue weighted by atomic mass is 9.83. The van der Waals surface area contributed by atoms with Gasteiger partial charge in [-0.3, -0.25) is 14.4 Å². The van der Waals surface area contributed by atoms with Crippen molar-refractivity contribution in [3.63, 3.8) is 0 Å². The molecular formula is C24H24F3N3O4. The molecule has 2 aliphatic heterocycles. The molecule has 7 nitrogen and oxygen atoms in total. The van der Waals surface area contributed by atoms with Crippen LogP contribution in [0.25, 0.3) is 0 Å². The Morgan fingerprint density at radius 2 is 1.85 bits per heavy atom. The predicted octanol–water partition coefficient (Wildman–Crippen LogP) is 2.79. The van der Waals surface area contributed by atoms with E-state index in [9.17, 15) is 32.7 Å². The van der Waals surface area contributed by atoms with Crippen LogP contribution in [-0.2, 0) is 13.1 Å². The Bertz CT molecular complexity index is 1280. The van der Waals surface area contributed by atoms with Gasteiger partial charge >= 0.3 is 0 Å². The van der Waals surface area contributed by atoms with Crippen LogP contribution in [0.15, 0.2) is 23.1 Å². The van der Waals surface area contributed by atoms with Gasteiger partial charge in [-0.15, -0.1) is 0 Å². The van der Waals surface area contributed by atoms with Crippen LogP contribution in [-0.4, -0.2) is 38.5 Å². The van der Waals surface area contributed by atoms with E-state index in [4.69, 9.17) is 0 Å². The Hall–Kier alpha value is -3.30. The maximum Gasteiger partial charge on any atom is 0.275 e. The molecule has 1 aromatic heterocycles. The van der Waals surface area contributed by atoms with Crippen LogP contribution >= 0.6 is 0 Å². The van der Waals surface area contributed by atoms with Crippen LogP contribution in [0, 0.1) is 35.2 Å². The Morgan fingerprint density at radius 1 is 1.15 bits per heavy atom. The standard InChI is InChI=1S/C24H24F3N3O4/c1-3-18-13-5-12(13)10(2)19-9-29-8-14(21(31)22(32)20(29)24(34)30(18)19)23(33)28-7-11-4-16(26)17(27)6-15(11)25/h4,6,8,10,12-13,18-19,32H,3,5,7,9H2,1-2H3,(H,28,33)/t10?,12-,13-,18?,19-/m0/s1. The monoisotopic (exact) mass is 475 g/mol. The first-order chi connectivity index (χ1) is 16.1. The first kappa shape index (κ1) is 22.5. The second-order valence-corrected chi connectivity index (χ2v) is 9.44. The normalized spacial score (nSPS) is 27.0. The van der Waals surface area contributed by atoms with Crippen molar-refractivity contribution in [3.8, 4) is 5.75 Å². The number of aromatic hydroxyl groups is 1. The SMILES string of the molecule is CCC1[C@H]2C[C@H]2C(C)[C@@H]2Cn3cc(C(=O)NCc4cc(F)c(F)cc4F)c(=O)c(O)c3C(=O)N12. The number of nitrogens with one attached hydrogen (secondary N) is 1. The van der Waals surface area contributed by atoms with Gasteiger partial charge < -0.3 is 19.9 Å². The lowest BCUT2D eigenvalue weighted by Crippen LogP contribution is -2.59. The van der Waals surface area contributed by atoms with Crippen LogP contribution in [0.5, 0.6) is 5.75 Å². The highest BCUT2D eigenvalue weighted by molar-refractivity contribution is 5.99. The van der Waals surface area contributed by atoms with Crippen LogP contribution < -0.4 is 10.7 Å². The average Bonchev–Trinajstić information content (AvgIpc) is 3.59. The fourth-order valence-corrected chi connectivity index (χ4v) is 5.80. The van der Waals surface area contributed by atoms with E-state index in [1.807, 2.05) is 6.92 Å². The summed E-state index contributed by atoms with van der Waals surface area (Å²) in [6.07, 6.45) is 3.06. The number of benzene rings is 1. The predicted molar refractivity (Wildman–Crippen MR) is 115 cm³/mol. The molecule has 2 amide bonds. The lowest BCUT2D eigenvalue weighted by Gasteiger charge is -2.48. The van der Waals surface area contributed by atoms with Gasteiger partial charge in [0.1, 0.15) is 11.4 Å². The molecule has 0 radical (unpaired) electrons. The molecule has 34 heavy (non-hydrogen) atoms. The topological polar surface area (TPSA) is 91.6 Å². The summed E-state index contributed by atoms with van der Waals surface area (Å²) in [6, 6.07) is 0.918. The van der Waals surface area contributed by atoms with Crippen molar-refractivity contribution in [2.45, 2.75) is 51.9 Å². The third-order valence-electron chi connectivity index (χ3n) is 7.65. The fraction of sp³-hybridized carbons (Fsp3) is 0.458. The third kappa shape index (κ3) is 3.30. The number of fused-ring (bicyclic) bond motifs is 3. The molecule has 10 heteroatoms. The minimum atomic E-state index is -1.36. The zero-order chi connectivity index (χ0) is 24.5. The summed E-state index contributed by atoms with van der Waals surface area (Å²) in [5.41, 5.74) is -1.90. The van der Waals surface area contributed by atoms with Crippen molar-refractivity contribution in [3.05, 3.63) is 62.8 Å². The molecule has 1 saturated carbocycles. The highest BCUT2D eigenvalue weighted by atomic mass is 19.2. The molecule has 1 saturated heterocycles. The lowest BCUT2D eigenvalue weighted by molar-refractivity contribution is 0.0108. The summed E-state index contributed by atoms with van der Waals surface area (Å²) >= 11 is 0. The van der Waals surface area contributed by atoms with Gasteiger partial charge in [0.2, 0.25) is 5.43 Å². The Kier molecular flexibility index (Phi) is 5.22. The van der Waals surface area contributed by atoms with E-state index < -0.39 is 52.6 Å². The maximum absolute atomic E-state index is 13.9. The molecule has 0 bridgehead atoms. The average molecular weight is 475 g/mol. The molecule has 5 rings (SSSR count). The number of piperidine rings is 1. The smallest absolute Gasteiger partial charge is 0.275 e. The van der Waals surface area contributed by atoms with E-state index in [1.165, 1.54) is 10.8 Å². The number of amides is 2. The number of nitrogens with zero attached hydrogens (tertiary/aromatic N) is 2. The summed E-state index contributed by atoms with van der Waals surface area (Å²) in [4.78, 5) is 40.7. The van der Waals surface area contributed by atoms with E-state index in [1.54, 1.807) is 4.90 Å². The number of aromatic nitrogens is 1. The van der Waals surface area contributed by atoms with Gasteiger partial charge in [0, 0.05) is 37.0 Å². The molecule has 2 aromatic rings. The highest BCUT2D eigenvalue weighted by Gasteiger charge is 2.58. The van der Waals surface area contributed by atoms with E-state index in [0.29, 0.717) is 30.5 Å². The Balaban J connectivity index is 1.45. The minimum Gasteiger partial charge on any atom is -0.503 e. The second-order valence-electron chi connectivity index (χ2n) is 9.44. The number of hydrogen-bond donors (Lipinski definition) is 2. The van der Waals surface area contributed by atoms with Crippen molar-refractivity contribution < 1.29 is 27.9 Å². The van der Waals surface area contributed by atoms with E-state index >= 15 is 0 Å².